The van der Waals surface area contributed by atoms with E-state index >= 15 is 0 Å². The van der Waals surface area contributed by atoms with Gasteiger partial charge in [-0.2, -0.15) is 0 Å². The van der Waals surface area contributed by atoms with E-state index in [0.29, 0.717) is 15.9 Å². The Kier molecular flexibility index (Phi) is 11.9. The molecule has 0 heterocycles. The number of halogens is 2. The lowest BCUT2D eigenvalue weighted by molar-refractivity contribution is -0.140. The maximum absolute atomic E-state index is 14.6. The maximum Gasteiger partial charge on any atom is 0.264 e. The number of amides is 2. The standard InChI is InChI=1S/C36H39Br2N3O5S/c1-25-11-17-29(18-12-25)41(47(44,45)30-19-20-33(46-5)31(38)22-30)24-34(42)40(23-27-13-15-28(37)16-14-27)32(35(43)39-36(2,3)4)21-26-9-7-6-8-10-26/h6-20,22,32H,21,23-24H2,1-5H3,(H,39,43)/t32-/m0/s1. The average molecular weight is 786 g/mol. The number of aryl methyl sites for hydroxylation is 1. The van der Waals surface area contributed by atoms with Gasteiger partial charge in [-0.1, -0.05) is 76.1 Å². The van der Waals surface area contributed by atoms with Gasteiger partial charge < -0.3 is 15.0 Å². The predicted molar refractivity (Wildman–Crippen MR) is 193 cm³/mol. The SMILES string of the molecule is COc1ccc(S(=O)(=O)N(CC(=O)N(Cc2ccc(Br)cc2)[C@@H](Cc2ccccc2)C(=O)NC(C)(C)C)c2ccc(C)cc2)cc1Br. The highest BCUT2D eigenvalue weighted by atomic mass is 79.9. The first-order valence-corrected chi connectivity index (χ1v) is 18.0. The molecule has 8 nitrogen and oxygen atoms in total. The zero-order valence-electron chi connectivity index (χ0n) is 27.0. The molecular weight excluding hydrogens is 746 g/mol. The van der Waals surface area contributed by atoms with E-state index in [1.54, 1.807) is 30.3 Å². The molecule has 0 aliphatic rings. The lowest BCUT2D eigenvalue weighted by Crippen LogP contribution is -2.56. The summed E-state index contributed by atoms with van der Waals surface area (Å²) >= 11 is 6.85. The van der Waals surface area contributed by atoms with E-state index < -0.39 is 34.1 Å². The van der Waals surface area contributed by atoms with Gasteiger partial charge in [-0.15, -0.1) is 0 Å². The summed E-state index contributed by atoms with van der Waals surface area (Å²) < 4.78 is 36.4. The monoisotopic (exact) mass is 783 g/mol. The van der Waals surface area contributed by atoms with Crippen LogP contribution in [0.25, 0.3) is 0 Å². The van der Waals surface area contributed by atoms with Gasteiger partial charge in [-0.05, 0) is 97.2 Å². The topological polar surface area (TPSA) is 96.0 Å². The molecule has 248 valence electrons. The molecule has 4 aromatic rings. The minimum absolute atomic E-state index is 0.0238. The number of sulfonamides is 1. The first kappa shape index (κ1) is 36.2. The van der Waals surface area contributed by atoms with Crippen LogP contribution in [0, 0.1) is 6.92 Å². The molecule has 0 fully saturated rings. The first-order chi connectivity index (χ1) is 22.2. The van der Waals surface area contributed by atoms with Crippen molar-refractivity contribution in [2.45, 2.75) is 57.1 Å². The number of rotatable bonds is 12. The molecule has 0 aromatic heterocycles. The van der Waals surface area contributed by atoms with Crippen molar-refractivity contribution in [2.75, 3.05) is 18.0 Å². The summed E-state index contributed by atoms with van der Waals surface area (Å²) in [5.74, 6) is -0.401. The van der Waals surface area contributed by atoms with Crippen LogP contribution in [0.1, 0.15) is 37.5 Å². The summed E-state index contributed by atoms with van der Waals surface area (Å²) in [7, 11) is -2.77. The normalized spacial score (nSPS) is 12.2. The fourth-order valence-electron chi connectivity index (χ4n) is 4.97. The second kappa shape index (κ2) is 15.5. The van der Waals surface area contributed by atoms with Crippen LogP contribution in [0.4, 0.5) is 5.69 Å². The van der Waals surface area contributed by atoms with E-state index in [1.165, 1.54) is 24.1 Å². The molecule has 0 radical (unpaired) electrons. The molecule has 4 aromatic carbocycles. The van der Waals surface area contributed by atoms with E-state index in [-0.39, 0.29) is 23.8 Å². The fourth-order valence-corrected chi connectivity index (χ4v) is 7.37. The Morgan fingerprint density at radius 1 is 0.872 bits per heavy atom. The molecule has 2 amide bonds. The van der Waals surface area contributed by atoms with Crippen molar-refractivity contribution in [3.63, 3.8) is 0 Å². The van der Waals surface area contributed by atoms with Gasteiger partial charge in [-0.3, -0.25) is 13.9 Å². The number of methoxy groups -OCH3 is 1. The number of carbonyl (C=O) groups excluding carboxylic acids is 2. The predicted octanol–water partition coefficient (Wildman–Crippen LogP) is 7.28. The largest absolute Gasteiger partial charge is 0.496 e. The number of nitrogens with one attached hydrogen (secondary N) is 1. The molecule has 1 atom stereocenters. The molecular formula is C36H39Br2N3O5S. The molecule has 1 N–H and O–H groups in total. The maximum atomic E-state index is 14.6. The molecule has 0 aliphatic heterocycles. The molecule has 0 unspecified atom stereocenters. The Hall–Kier alpha value is -3.67. The van der Waals surface area contributed by atoms with Crippen molar-refractivity contribution in [1.29, 1.82) is 0 Å². The molecule has 47 heavy (non-hydrogen) atoms. The van der Waals surface area contributed by atoms with Crippen LogP contribution >= 0.6 is 31.9 Å². The third-order valence-corrected chi connectivity index (χ3v) is 10.3. The minimum Gasteiger partial charge on any atom is -0.496 e. The summed E-state index contributed by atoms with van der Waals surface area (Å²) in [6.07, 6.45) is 0.230. The lowest BCUT2D eigenvalue weighted by atomic mass is 10.0. The quantitative estimate of drug-likeness (QED) is 0.163. The van der Waals surface area contributed by atoms with E-state index in [4.69, 9.17) is 4.74 Å². The third-order valence-electron chi connectivity index (χ3n) is 7.35. The molecule has 0 saturated carbocycles. The van der Waals surface area contributed by atoms with Crippen LogP contribution in [0.2, 0.25) is 0 Å². The fraction of sp³-hybridized carbons (Fsp3) is 0.278. The minimum atomic E-state index is -4.26. The van der Waals surface area contributed by atoms with Crippen molar-refractivity contribution >= 4 is 59.4 Å². The summed E-state index contributed by atoms with van der Waals surface area (Å²) in [4.78, 5) is 30.1. The second-order valence-corrected chi connectivity index (χ2v) is 15.9. The van der Waals surface area contributed by atoms with Gasteiger partial charge in [0.05, 0.1) is 22.2 Å². The van der Waals surface area contributed by atoms with Gasteiger partial charge in [0, 0.05) is 23.0 Å². The van der Waals surface area contributed by atoms with Crippen molar-refractivity contribution in [3.05, 3.63) is 123 Å². The van der Waals surface area contributed by atoms with Gasteiger partial charge in [0.25, 0.3) is 10.0 Å². The smallest absolute Gasteiger partial charge is 0.264 e. The Labute approximate surface area is 294 Å². The van der Waals surface area contributed by atoms with Gasteiger partial charge in [0.2, 0.25) is 11.8 Å². The average Bonchev–Trinajstić information content (AvgIpc) is 3.02. The molecule has 4 rings (SSSR count). The lowest BCUT2D eigenvalue weighted by Gasteiger charge is -2.35. The van der Waals surface area contributed by atoms with Crippen molar-refractivity contribution in [2.24, 2.45) is 0 Å². The molecule has 0 aliphatic carbocycles. The van der Waals surface area contributed by atoms with E-state index in [9.17, 15) is 18.0 Å². The Bertz CT molecular complexity index is 1790. The van der Waals surface area contributed by atoms with E-state index in [1.807, 2.05) is 82.3 Å². The highest BCUT2D eigenvalue weighted by molar-refractivity contribution is 9.10. The summed E-state index contributed by atoms with van der Waals surface area (Å²) in [5.41, 5.74) is 2.33. The van der Waals surface area contributed by atoms with Crippen LogP contribution in [0.3, 0.4) is 0 Å². The number of benzene rings is 4. The summed E-state index contributed by atoms with van der Waals surface area (Å²) in [6, 6.07) is 27.4. The molecule has 0 saturated heterocycles. The Balaban J connectivity index is 1.82. The number of hydrogen-bond acceptors (Lipinski definition) is 5. The molecule has 0 spiro atoms. The third kappa shape index (κ3) is 9.68. The van der Waals surface area contributed by atoms with Crippen LogP contribution in [-0.2, 0) is 32.6 Å². The van der Waals surface area contributed by atoms with Gasteiger partial charge in [0.15, 0.2) is 0 Å². The number of ether oxygens (including phenoxy) is 1. The van der Waals surface area contributed by atoms with Crippen LogP contribution in [0.15, 0.2) is 111 Å². The van der Waals surface area contributed by atoms with E-state index in [2.05, 4.69) is 37.2 Å². The highest BCUT2D eigenvalue weighted by Crippen LogP contribution is 2.31. The summed E-state index contributed by atoms with van der Waals surface area (Å²) in [6.45, 7) is 7.07. The number of anilines is 1. The number of carbonyl (C=O) groups is 2. The van der Waals surface area contributed by atoms with E-state index in [0.717, 1.165) is 25.5 Å². The Morgan fingerprint density at radius 2 is 1.51 bits per heavy atom. The van der Waals surface area contributed by atoms with Crippen molar-refractivity contribution in [3.8, 4) is 5.75 Å². The van der Waals surface area contributed by atoms with Gasteiger partial charge >= 0.3 is 0 Å². The zero-order chi connectivity index (χ0) is 34.4. The van der Waals surface area contributed by atoms with Gasteiger partial charge in [-0.25, -0.2) is 8.42 Å². The number of nitrogens with zero attached hydrogens (tertiary/aromatic N) is 2. The molecule has 11 heteroatoms. The second-order valence-electron chi connectivity index (χ2n) is 12.2. The van der Waals surface area contributed by atoms with Gasteiger partial charge in [0.1, 0.15) is 18.3 Å². The zero-order valence-corrected chi connectivity index (χ0v) is 31.0. The first-order valence-electron chi connectivity index (χ1n) is 15.0. The number of hydrogen-bond donors (Lipinski definition) is 1. The molecule has 0 bridgehead atoms. The van der Waals surface area contributed by atoms with Crippen LogP contribution < -0.4 is 14.4 Å². The Morgan fingerprint density at radius 3 is 2.09 bits per heavy atom. The van der Waals surface area contributed by atoms with Crippen molar-refractivity contribution in [1.82, 2.24) is 10.2 Å². The van der Waals surface area contributed by atoms with Crippen LogP contribution in [0.5, 0.6) is 5.75 Å². The summed E-state index contributed by atoms with van der Waals surface area (Å²) in [5, 5.41) is 3.04. The van der Waals surface area contributed by atoms with Crippen LogP contribution in [-0.4, -0.2) is 50.4 Å². The highest BCUT2D eigenvalue weighted by Gasteiger charge is 2.35. The van der Waals surface area contributed by atoms with Crippen molar-refractivity contribution < 1.29 is 22.7 Å².